The van der Waals surface area contributed by atoms with Gasteiger partial charge >= 0.3 is 5.97 Å². The first kappa shape index (κ1) is 16.3. The summed E-state index contributed by atoms with van der Waals surface area (Å²) < 4.78 is 4.81. The van der Waals surface area contributed by atoms with Gasteiger partial charge in [0.15, 0.2) is 0 Å². The minimum atomic E-state index is -0.152. The van der Waals surface area contributed by atoms with E-state index in [1.54, 1.807) is 0 Å². The van der Waals surface area contributed by atoms with Crippen molar-refractivity contribution >= 4 is 11.9 Å². The highest BCUT2D eigenvalue weighted by Gasteiger charge is 2.28. The number of carbonyl (C=O) groups excluding carboxylic acids is 2. The molecule has 1 heterocycles. The maximum Gasteiger partial charge on any atom is 0.309 e. The van der Waals surface area contributed by atoms with Gasteiger partial charge in [0.1, 0.15) is 0 Å². The molecule has 1 saturated carbocycles. The third-order valence-electron chi connectivity index (χ3n) is 4.79. The van der Waals surface area contributed by atoms with Gasteiger partial charge in [-0.05, 0) is 51.0 Å². The second-order valence-electron chi connectivity index (χ2n) is 6.62. The molecule has 1 aliphatic heterocycles. The molecule has 0 spiro atoms. The summed E-state index contributed by atoms with van der Waals surface area (Å²) in [6, 6.07) is 0.342. The quantitative estimate of drug-likeness (QED) is 0.800. The normalized spacial score (nSPS) is 30.7. The maximum atomic E-state index is 12.1. The summed E-state index contributed by atoms with van der Waals surface area (Å²) >= 11 is 0. The zero-order chi connectivity index (χ0) is 15.2. The highest BCUT2D eigenvalue weighted by atomic mass is 16.5. The number of amides is 1. The minimum Gasteiger partial charge on any atom is -0.469 e. The summed E-state index contributed by atoms with van der Waals surface area (Å²) in [6.07, 6.45) is 6.42. The van der Waals surface area contributed by atoms with Gasteiger partial charge in [0.2, 0.25) is 5.91 Å². The molecule has 0 aromatic heterocycles. The van der Waals surface area contributed by atoms with Gasteiger partial charge in [0, 0.05) is 12.6 Å². The lowest BCUT2D eigenvalue weighted by Crippen LogP contribution is -2.47. The molecule has 2 rings (SSSR count). The van der Waals surface area contributed by atoms with Gasteiger partial charge in [-0.3, -0.25) is 14.5 Å². The number of nitrogens with zero attached hydrogens (tertiary/aromatic N) is 1. The molecule has 1 atom stereocenters. The lowest BCUT2D eigenvalue weighted by Gasteiger charge is -2.32. The number of rotatable bonds is 4. The molecule has 2 fully saturated rings. The van der Waals surface area contributed by atoms with Crippen LogP contribution in [0.3, 0.4) is 0 Å². The Hall–Kier alpha value is -1.10. The van der Waals surface area contributed by atoms with Crippen LogP contribution in [-0.4, -0.2) is 49.6 Å². The number of methoxy groups -OCH3 is 1. The second kappa shape index (κ2) is 7.78. The van der Waals surface area contributed by atoms with Gasteiger partial charge in [-0.15, -0.1) is 0 Å². The van der Waals surface area contributed by atoms with Crippen LogP contribution in [0.5, 0.6) is 0 Å². The van der Waals surface area contributed by atoms with E-state index in [2.05, 4.69) is 17.1 Å². The van der Waals surface area contributed by atoms with Gasteiger partial charge in [-0.2, -0.15) is 0 Å². The Labute approximate surface area is 127 Å². The van der Waals surface area contributed by atoms with Crippen molar-refractivity contribution in [1.82, 2.24) is 10.2 Å². The van der Waals surface area contributed by atoms with Gasteiger partial charge in [0.25, 0.3) is 0 Å². The Morgan fingerprint density at radius 1 is 1.19 bits per heavy atom. The van der Waals surface area contributed by atoms with Crippen LogP contribution in [0.4, 0.5) is 0 Å². The van der Waals surface area contributed by atoms with Crippen molar-refractivity contribution in [1.29, 1.82) is 0 Å². The zero-order valence-electron chi connectivity index (χ0n) is 13.3. The fourth-order valence-electron chi connectivity index (χ4n) is 3.44. The number of carbonyl (C=O) groups is 2. The van der Waals surface area contributed by atoms with Crippen LogP contribution in [0.25, 0.3) is 0 Å². The molecule has 0 radical (unpaired) electrons. The van der Waals surface area contributed by atoms with E-state index in [1.807, 2.05) is 0 Å². The molecule has 1 amide bonds. The molecule has 0 aromatic carbocycles. The van der Waals surface area contributed by atoms with Crippen molar-refractivity contribution in [2.24, 2.45) is 11.8 Å². The molecule has 0 bridgehead atoms. The predicted molar refractivity (Wildman–Crippen MR) is 80.7 cm³/mol. The van der Waals surface area contributed by atoms with Crippen LogP contribution in [0, 0.1) is 11.8 Å². The number of piperidine rings is 1. The lowest BCUT2D eigenvalue weighted by atomic mass is 9.87. The highest BCUT2D eigenvalue weighted by Crippen LogP contribution is 2.23. The van der Waals surface area contributed by atoms with Crippen molar-refractivity contribution in [2.45, 2.75) is 51.5 Å². The number of likely N-dealkylation sites (tertiary alicyclic amines) is 1. The number of hydrogen-bond acceptors (Lipinski definition) is 4. The number of nitrogens with one attached hydrogen (secondary N) is 1. The summed E-state index contributed by atoms with van der Waals surface area (Å²) in [5.41, 5.74) is 0. The molecule has 1 saturated heterocycles. The van der Waals surface area contributed by atoms with Crippen LogP contribution in [0.2, 0.25) is 0 Å². The van der Waals surface area contributed by atoms with Crippen molar-refractivity contribution in [3.63, 3.8) is 0 Å². The third-order valence-corrected chi connectivity index (χ3v) is 4.79. The van der Waals surface area contributed by atoms with Gasteiger partial charge < -0.3 is 10.1 Å². The first-order valence-electron chi connectivity index (χ1n) is 8.18. The largest absolute Gasteiger partial charge is 0.469 e. The average molecular weight is 296 g/mol. The molecule has 2 aliphatic rings. The Kier molecular flexibility index (Phi) is 6.03. The van der Waals surface area contributed by atoms with E-state index < -0.39 is 0 Å². The van der Waals surface area contributed by atoms with Crippen LogP contribution in [0.1, 0.15) is 45.4 Å². The third kappa shape index (κ3) is 4.99. The van der Waals surface area contributed by atoms with Crippen LogP contribution in [-0.2, 0) is 14.3 Å². The van der Waals surface area contributed by atoms with Crippen LogP contribution >= 0.6 is 0 Å². The zero-order valence-corrected chi connectivity index (χ0v) is 13.3. The molecule has 120 valence electrons. The molecular formula is C16H28N2O3. The first-order valence-corrected chi connectivity index (χ1v) is 8.18. The topological polar surface area (TPSA) is 58.6 Å². The van der Waals surface area contributed by atoms with E-state index in [4.69, 9.17) is 4.74 Å². The van der Waals surface area contributed by atoms with Crippen molar-refractivity contribution < 1.29 is 14.3 Å². The molecule has 0 aromatic rings. The lowest BCUT2D eigenvalue weighted by molar-refractivity contribution is -0.147. The Morgan fingerprint density at radius 2 is 1.90 bits per heavy atom. The first-order chi connectivity index (χ1) is 10.1. The Morgan fingerprint density at radius 3 is 2.57 bits per heavy atom. The maximum absolute atomic E-state index is 12.1. The monoisotopic (exact) mass is 296 g/mol. The summed E-state index contributed by atoms with van der Waals surface area (Å²) in [7, 11) is 1.43. The molecular weight excluding hydrogens is 268 g/mol. The molecule has 0 unspecified atom stereocenters. The van der Waals surface area contributed by atoms with Crippen molar-refractivity contribution in [2.75, 3.05) is 26.7 Å². The van der Waals surface area contributed by atoms with E-state index in [0.717, 1.165) is 38.1 Å². The molecule has 5 nitrogen and oxygen atoms in total. The number of ether oxygens (including phenoxy) is 1. The summed E-state index contributed by atoms with van der Waals surface area (Å²) in [6.45, 7) is 4.21. The molecule has 21 heavy (non-hydrogen) atoms. The highest BCUT2D eigenvalue weighted by molar-refractivity contribution is 5.78. The standard InChI is InChI=1S/C16H28N2O3/c1-12-5-7-14(8-6-12)17-15(19)11-18-9-3-4-13(10-18)16(20)21-2/h12-14H,3-11H2,1-2H3,(H,17,19)/t12?,13-,14?/m0/s1. The molecule has 5 heteroatoms. The van der Waals surface area contributed by atoms with E-state index in [-0.39, 0.29) is 17.8 Å². The van der Waals surface area contributed by atoms with E-state index in [0.29, 0.717) is 19.1 Å². The van der Waals surface area contributed by atoms with Crippen LogP contribution < -0.4 is 5.32 Å². The van der Waals surface area contributed by atoms with Gasteiger partial charge in [-0.25, -0.2) is 0 Å². The van der Waals surface area contributed by atoms with Crippen molar-refractivity contribution in [3.8, 4) is 0 Å². The fraction of sp³-hybridized carbons (Fsp3) is 0.875. The number of hydrogen-bond donors (Lipinski definition) is 1. The van der Waals surface area contributed by atoms with E-state index in [1.165, 1.54) is 20.0 Å². The second-order valence-corrected chi connectivity index (χ2v) is 6.62. The summed E-state index contributed by atoms with van der Waals surface area (Å²) in [4.78, 5) is 25.8. The van der Waals surface area contributed by atoms with E-state index in [9.17, 15) is 9.59 Å². The predicted octanol–water partition coefficient (Wildman–Crippen LogP) is 1.57. The van der Waals surface area contributed by atoms with Gasteiger partial charge in [0.05, 0.1) is 19.6 Å². The average Bonchev–Trinajstić information content (AvgIpc) is 2.49. The summed E-state index contributed by atoms with van der Waals surface area (Å²) in [5, 5.41) is 3.15. The number of esters is 1. The Bertz CT molecular complexity index is 365. The van der Waals surface area contributed by atoms with Crippen LogP contribution in [0.15, 0.2) is 0 Å². The SMILES string of the molecule is COC(=O)[C@H]1CCCN(CC(=O)NC2CCC(C)CC2)C1. The minimum absolute atomic E-state index is 0.0768. The fourth-order valence-corrected chi connectivity index (χ4v) is 3.44. The van der Waals surface area contributed by atoms with E-state index >= 15 is 0 Å². The summed E-state index contributed by atoms with van der Waals surface area (Å²) in [5.74, 6) is 0.662. The van der Waals surface area contributed by atoms with Crippen molar-refractivity contribution in [3.05, 3.63) is 0 Å². The Balaban J connectivity index is 1.73. The molecule has 1 aliphatic carbocycles. The molecule has 1 N–H and O–H groups in total. The smallest absolute Gasteiger partial charge is 0.309 e. The van der Waals surface area contributed by atoms with Gasteiger partial charge in [-0.1, -0.05) is 6.92 Å².